The van der Waals surface area contributed by atoms with Gasteiger partial charge in [0.25, 0.3) is 0 Å². The normalized spacial score (nSPS) is 20.0. The Morgan fingerprint density at radius 1 is 1.07 bits per heavy atom. The van der Waals surface area contributed by atoms with Crippen molar-refractivity contribution in [1.82, 2.24) is 5.32 Å². The molecule has 3 atom stereocenters. The lowest BCUT2D eigenvalue weighted by Crippen LogP contribution is -2.29. The van der Waals surface area contributed by atoms with E-state index >= 15 is 0 Å². The third-order valence-electron chi connectivity index (χ3n) is 6.26. The van der Waals surface area contributed by atoms with Gasteiger partial charge in [0.2, 0.25) is 0 Å². The maximum absolute atomic E-state index is 10.8. The number of aliphatic carboxylic acids is 1. The summed E-state index contributed by atoms with van der Waals surface area (Å²) in [6.07, 6.45) is 4.30. The maximum Gasteiger partial charge on any atom is 0.303 e. The van der Waals surface area contributed by atoms with Crippen molar-refractivity contribution in [1.29, 1.82) is 0 Å². The number of nitrogens with one attached hydrogen (secondary N) is 1. The van der Waals surface area contributed by atoms with E-state index < -0.39 is 5.97 Å². The quantitative estimate of drug-likeness (QED) is 0.535. The largest absolute Gasteiger partial charge is 0.481 e. The topological polar surface area (TPSA) is 49.3 Å². The summed E-state index contributed by atoms with van der Waals surface area (Å²) in [5.41, 5.74) is 3.85. The van der Waals surface area contributed by atoms with Crippen molar-refractivity contribution in [3.05, 3.63) is 83.4 Å². The summed E-state index contributed by atoms with van der Waals surface area (Å²) in [5.74, 6) is -0.181. The lowest BCUT2D eigenvalue weighted by molar-refractivity contribution is -0.136. The highest BCUT2D eigenvalue weighted by atomic mass is 16.4. The highest BCUT2D eigenvalue weighted by Gasteiger charge is 2.27. The molecule has 1 fully saturated rings. The van der Waals surface area contributed by atoms with E-state index in [0.29, 0.717) is 24.4 Å². The summed E-state index contributed by atoms with van der Waals surface area (Å²) in [4.78, 5) is 10.8. The van der Waals surface area contributed by atoms with Crippen LogP contribution < -0.4 is 5.32 Å². The van der Waals surface area contributed by atoms with Crippen molar-refractivity contribution >= 4 is 16.7 Å². The smallest absolute Gasteiger partial charge is 0.303 e. The summed E-state index contributed by atoms with van der Waals surface area (Å²) >= 11 is 0. The molecule has 0 saturated heterocycles. The molecule has 1 aliphatic rings. The van der Waals surface area contributed by atoms with Crippen molar-refractivity contribution in [2.24, 2.45) is 0 Å². The molecule has 3 aromatic rings. The molecule has 4 rings (SSSR count). The van der Waals surface area contributed by atoms with Gasteiger partial charge in [-0.15, -0.1) is 0 Å². The van der Waals surface area contributed by atoms with Gasteiger partial charge < -0.3 is 10.4 Å². The highest BCUT2D eigenvalue weighted by Crippen LogP contribution is 2.36. The van der Waals surface area contributed by atoms with E-state index in [1.54, 1.807) is 0 Å². The number of hydrogen-bond acceptors (Lipinski definition) is 2. The average molecular weight is 388 g/mol. The van der Waals surface area contributed by atoms with E-state index in [0.717, 1.165) is 12.0 Å². The highest BCUT2D eigenvalue weighted by molar-refractivity contribution is 5.86. The molecule has 0 bridgehead atoms. The van der Waals surface area contributed by atoms with Crippen LogP contribution in [-0.4, -0.2) is 17.1 Å². The molecule has 150 valence electrons. The fraction of sp³-hybridized carbons (Fsp3) is 0.346. The third-order valence-corrected chi connectivity index (χ3v) is 6.26. The van der Waals surface area contributed by atoms with Crippen LogP contribution in [0.3, 0.4) is 0 Å². The molecular weight excluding hydrogens is 358 g/mol. The Hall–Kier alpha value is -2.65. The Labute approximate surface area is 172 Å². The van der Waals surface area contributed by atoms with Crippen LogP contribution in [0.2, 0.25) is 0 Å². The van der Waals surface area contributed by atoms with Gasteiger partial charge >= 0.3 is 5.97 Å². The fourth-order valence-corrected chi connectivity index (χ4v) is 4.76. The molecule has 3 heteroatoms. The van der Waals surface area contributed by atoms with Crippen molar-refractivity contribution < 1.29 is 9.90 Å². The van der Waals surface area contributed by atoms with Gasteiger partial charge in [0.05, 0.1) is 0 Å². The van der Waals surface area contributed by atoms with Crippen molar-refractivity contribution in [2.75, 3.05) is 0 Å². The van der Waals surface area contributed by atoms with Gasteiger partial charge in [-0.25, -0.2) is 0 Å². The van der Waals surface area contributed by atoms with Crippen LogP contribution in [0.5, 0.6) is 0 Å². The molecule has 0 amide bonds. The van der Waals surface area contributed by atoms with E-state index in [1.165, 1.54) is 34.7 Å². The van der Waals surface area contributed by atoms with Crippen LogP contribution in [0.15, 0.2) is 66.7 Å². The number of benzene rings is 3. The molecule has 3 nitrogen and oxygen atoms in total. The third kappa shape index (κ3) is 4.68. The zero-order chi connectivity index (χ0) is 20.2. The molecule has 0 aromatic heterocycles. The SMILES string of the molecule is CC(NC1CCC(c2cccc(CCC(=O)O)c2)C1)c1cccc2ccccc12. The van der Waals surface area contributed by atoms with Gasteiger partial charge in [0, 0.05) is 18.5 Å². The predicted octanol–water partition coefficient (Wildman–Crippen LogP) is 5.84. The van der Waals surface area contributed by atoms with Crippen LogP contribution in [-0.2, 0) is 11.2 Å². The Bertz CT molecular complexity index is 991. The van der Waals surface area contributed by atoms with E-state index in [9.17, 15) is 4.79 Å². The second-order valence-corrected chi connectivity index (χ2v) is 8.30. The lowest BCUT2D eigenvalue weighted by atomic mass is 9.94. The first-order chi connectivity index (χ1) is 14.1. The average Bonchev–Trinajstić information content (AvgIpc) is 3.20. The van der Waals surface area contributed by atoms with Gasteiger partial charge in [0.1, 0.15) is 0 Å². The molecule has 3 aromatic carbocycles. The van der Waals surface area contributed by atoms with Crippen molar-refractivity contribution in [2.45, 2.75) is 57.0 Å². The van der Waals surface area contributed by atoms with E-state index in [2.05, 4.69) is 72.9 Å². The zero-order valence-electron chi connectivity index (χ0n) is 17.0. The molecule has 0 heterocycles. The molecule has 1 aliphatic carbocycles. The van der Waals surface area contributed by atoms with Crippen LogP contribution in [0.1, 0.15) is 61.3 Å². The van der Waals surface area contributed by atoms with Gasteiger partial charge in [-0.05, 0) is 66.0 Å². The van der Waals surface area contributed by atoms with Crippen LogP contribution in [0.25, 0.3) is 10.8 Å². The number of fused-ring (bicyclic) bond motifs is 1. The van der Waals surface area contributed by atoms with Gasteiger partial charge in [-0.3, -0.25) is 4.79 Å². The Kier molecular flexibility index (Phi) is 5.96. The fourth-order valence-electron chi connectivity index (χ4n) is 4.76. The Morgan fingerprint density at radius 2 is 1.86 bits per heavy atom. The molecule has 0 spiro atoms. The van der Waals surface area contributed by atoms with Crippen LogP contribution in [0, 0.1) is 0 Å². The monoisotopic (exact) mass is 387 g/mol. The number of rotatable bonds is 7. The first-order valence-electron chi connectivity index (χ1n) is 10.6. The molecule has 1 saturated carbocycles. The van der Waals surface area contributed by atoms with Crippen LogP contribution in [0.4, 0.5) is 0 Å². The van der Waals surface area contributed by atoms with Gasteiger partial charge in [0.15, 0.2) is 0 Å². The number of carboxylic acid groups (broad SMARTS) is 1. The first kappa shape index (κ1) is 19.7. The minimum atomic E-state index is -0.733. The van der Waals surface area contributed by atoms with Gasteiger partial charge in [-0.2, -0.15) is 0 Å². The Morgan fingerprint density at radius 3 is 2.72 bits per heavy atom. The summed E-state index contributed by atoms with van der Waals surface area (Å²) in [5, 5.41) is 15.4. The number of carboxylic acids is 1. The molecule has 2 N–H and O–H groups in total. The van der Waals surface area contributed by atoms with Crippen molar-refractivity contribution in [3.8, 4) is 0 Å². The first-order valence-corrected chi connectivity index (χ1v) is 10.6. The number of hydrogen-bond donors (Lipinski definition) is 2. The van der Waals surface area contributed by atoms with E-state index in [1.807, 2.05) is 6.07 Å². The Balaban J connectivity index is 1.41. The minimum Gasteiger partial charge on any atom is -0.481 e. The molecular formula is C26H29NO2. The van der Waals surface area contributed by atoms with E-state index in [-0.39, 0.29) is 6.42 Å². The summed E-state index contributed by atoms with van der Waals surface area (Å²) in [6, 6.07) is 24.5. The molecule has 0 radical (unpaired) electrons. The minimum absolute atomic E-state index is 0.195. The molecule has 3 unspecified atom stereocenters. The zero-order valence-corrected chi connectivity index (χ0v) is 17.0. The van der Waals surface area contributed by atoms with Gasteiger partial charge in [-0.1, -0.05) is 66.7 Å². The van der Waals surface area contributed by atoms with Crippen LogP contribution >= 0.6 is 0 Å². The second kappa shape index (κ2) is 8.79. The number of carbonyl (C=O) groups is 1. The number of aryl methyl sites for hydroxylation is 1. The maximum atomic E-state index is 10.8. The molecule has 29 heavy (non-hydrogen) atoms. The summed E-state index contributed by atoms with van der Waals surface area (Å²) in [7, 11) is 0. The van der Waals surface area contributed by atoms with E-state index in [4.69, 9.17) is 5.11 Å². The summed E-state index contributed by atoms with van der Waals surface area (Å²) in [6.45, 7) is 2.27. The predicted molar refractivity (Wildman–Crippen MR) is 118 cm³/mol. The molecule has 0 aliphatic heterocycles. The van der Waals surface area contributed by atoms with Crippen molar-refractivity contribution in [3.63, 3.8) is 0 Å². The second-order valence-electron chi connectivity index (χ2n) is 8.30. The summed E-state index contributed by atoms with van der Waals surface area (Å²) < 4.78 is 0. The lowest BCUT2D eigenvalue weighted by Gasteiger charge is -2.21. The standard InChI is InChI=1S/C26H29NO2/c1-18(24-11-5-8-20-7-2-3-10-25(20)24)27-23-14-13-22(17-23)21-9-4-6-19(16-21)12-15-26(28)29/h2-11,16,18,22-23,27H,12-15,17H2,1H3,(H,28,29).